The Balaban J connectivity index is 2.08. The van der Waals surface area contributed by atoms with Gasteiger partial charge in [-0.25, -0.2) is 0 Å². The van der Waals surface area contributed by atoms with Gasteiger partial charge in [-0.3, -0.25) is 4.79 Å². The number of hydrogen-bond acceptors (Lipinski definition) is 3. The van der Waals surface area contributed by atoms with Gasteiger partial charge in [0, 0.05) is 11.0 Å². The highest BCUT2D eigenvalue weighted by Crippen LogP contribution is 2.44. The predicted octanol–water partition coefficient (Wildman–Crippen LogP) is 3.38. The quantitative estimate of drug-likeness (QED) is 0.871. The molecular weight excluding hydrogens is 308 g/mol. The predicted molar refractivity (Wildman–Crippen MR) is 75.9 cm³/mol. The Kier molecular flexibility index (Phi) is 4.11. The fourth-order valence-electron chi connectivity index (χ4n) is 2.48. The summed E-state index contributed by atoms with van der Waals surface area (Å²) in [7, 11) is 0. The van der Waals surface area contributed by atoms with Crippen LogP contribution in [0.4, 0.5) is 5.69 Å². The number of aliphatic carboxylic acids is 1. The molecule has 19 heavy (non-hydrogen) atoms. The number of nitrogens with one attached hydrogen (secondary N) is 1. The van der Waals surface area contributed by atoms with Gasteiger partial charge in [0.1, 0.15) is 6.07 Å². The van der Waals surface area contributed by atoms with Crippen LogP contribution in [-0.4, -0.2) is 17.6 Å². The third kappa shape index (κ3) is 3.07. The first-order chi connectivity index (χ1) is 9.06. The Hall–Kier alpha value is -1.54. The summed E-state index contributed by atoms with van der Waals surface area (Å²) in [6.07, 6.45) is 3.14. The van der Waals surface area contributed by atoms with Crippen molar-refractivity contribution in [2.75, 3.05) is 11.9 Å². The molecule has 0 saturated heterocycles. The van der Waals surface area contributed by atoms with Gasteiger partial charge < -0.3 is 10.4 Å². The molecule has 0 atom stereocenters. The molecule has 1 aliphatic carbocycles. The Bertz CT molecular complexity index is 533. The number of carboxylic acids is 1. The van der Waals surface area contributed by atoms with Crippen molar-refractivity contribution < 1.29 is 9.90 Å². The van der Waals surface area contributed by atoms with E-state index in [1.807, 2.05) is 18.2 Å². The minimum atomic E-state index is -0.753. The summed E-state index contributed by atoms with van der Waals surface area (Å²) in [5.74, 6) is -0.753. The van der Waals surface area contributed by atoms with Gasteiger partial charge in [-0.1, -0.05) is 12.5 Å². The molecule has 100 valence electrons. The molecule has 0 radical (unpaired) electrons. The van der Waals surface area contributed by atoms with Crippen molar-refractivity contribution in [3.05, 3.63) is 28.2 Å². The molecule has 1 aromatic carbocycles. The molecule has 0 bridgehead atoms. The largest absolute Gasteiger partial charge is 0.481 e. The maximum atomic E-state index is 10.9. The van der Waals surface area contributed by atoms with Crippen molar-refractivity contribution in [3.63, 3.8) is 0 Å². The number of benzene rings is 1. The molecule has 0 heterocycles. The maximum Gasteiger partial charge on any atom is 0.303 e. The van der Waals surface area contributed by atoms with E-state index in [4.69, 9.17) is 10.4 Å². The van der Waals surface area contributed by atoms with E-state index in [0.29, 0.717) is 12.1 Å². The van der Waals surface area contributed by atoms with E-state index in [1.165, 1.54) is 0 Å². The van der Waals surface area contributed by atoms with Crippen LogP contribution in [0.3, 0.4) is 0 Å². The summed E-state index contributed by atoms with van der Waals surface area (Å²) in [5, 5.41) is 21.3. The zero-order chi connectivity index (χ0) is 13.9. The van der Waals surface area contributed by atoms with Crippen molar-refractivity contribution in [3.8, 4) is 6.07 Å². The Morgan fingerprint density at radius 2 is 2.26 bits per heavy atom. The molecule has 0 unspecified atom stereocenters. The number of hydrogen-bond donors (Lipinski definition) is 2. The van der Waals surface area contributed by atoms with Crippen LogP contribution < -0.4 is 5.32 Å². The summed E-state index contributed by atoms with van der Waals surface area (Å²) >= 11 is 3.34. The topological polar surface area (TPSA) is 73.1 Å². The van der Waals surface area contributed by atoms with E-state index >= 15 is 0 Å². The molecule has 4 nitrogen and oxygen atoms in total. The van der Waals surface area contributed by atoms with Gasteiger partial charge in [0.25, 0.3) is 0 Å². The lowest BCUT2D eigenvalue weighted by Gasteiger charge is -2.41. The number of nitrogens with zero attached hydrogens (tertiary/aromatic N) is 1. The summed E-state index contributed by atoms with van der Waals surface area (Å²) in [6, 6.07) is 7.67. The van der Waals surface area contributed by atoms with E-state index in [2.05, 4.69) is 27.3 Å². The Morgan fingerprint density at radius 3 is 2.79 bits per heavy atom. The summed E-state index contributed by atoms with van der Waals surface area (Å²) in [5.41, 5.74) is 1.17. The molecule has 2 rings (SSSR count). The van der Waals surface area contributed by atoms with Crippen molar-refractivity contribution in [2.45, 2.75) is 25.7 Å². The normalized spacial score (nSPS) is 16.2. The van der Waals surface area contributed by atoms with E-state index in [9.17, 15) is 4.79 Å². The fourth-order valence-corrected chi connectivity index (χ4v) is 2.94. The van der Waals surface area contributed by atoms with Crippen molar-refractivity contribution in [1.82, 2.24) is 0 Å². The molecule has 1 fully saturated rings. The van der Waals surface area contributed by atoms with Gasteiger partial charge in [0.2, 0.25) is 0 Å². The first-order valence-electron chi connectivity index (χ1n) is 6.21. The van der Waals surface area contributed by atoms with E-state index in [-0.39, 0.29) is 11.8 Å². The summed E-state index contributed by atoms with van der Waals surface area (Å²) in [6.45, 7) is 0.602. The van der Waals surface area contributed by atoms with Gasteiger partial charge in [-0.15, -0.1) is 0 Å². The van der Waals surface area contributed by atoms with Crippen LogP contribution in [0, 0.1) is 16.7 Å². The standard InChI is InChI=1S/C14H15BrN2O2/c15-11-3-1-4-12(10(11)8-16)17-9-14(5-2-6-14)7-13(18)19/h1,3-4,17H,2,5-7,9H2,(H,18,19). The van der Waals surface area contributed by atoms with Gasteiger partial charge in [0.15, 0.2) is 0 Å². The van der Waals surface area contributed by atoms with Gasteiger partial charge in [0.05, 0.1) is 17.7 Å². The van der Waals surface area contributed by atoms with Crippen LogP contribution in [0.5, 0.6) is 0 Å². The lowest BCUT2D eigenvalue weighted by atomic mass is 9.66. The molecule has 0 aliphatic heterocycles. The minimum Gasteiger partial charge on any atom is -0.481 e. The average molecular weight is 323 g/mol. The lowest BCUT2D eigenvalue weighted by molar-refractivity contribution is -0.141. The number of nitriles is 1. The van der Waals surface area contributed by atoms with Gasteiger partial charge >= 0.3 is 5.97 Å². The third-order valence-electron chi connectivity index (χ3n) is 3.72. The van der Waals surface area contributed by atoms with Crippen LogP contribution in [-0.2, 0) is 4.79 Å². The third-order valence-corrected chi connectivity index (χ3v) is 4.38. The van der Waals surface area contributed by atoms with Crippen LogP contribution >= 0.6 is 15.9 Å². The second kappa shape index (κ2) is 5.62. The van der Waals surface area contributed by atoms with Crippen molar-refractivity contribution in [1.29, 1.82) is 5.26 Å². The number of halogens is 1. The maximum absolute atomic E-state index is 10.9. The molecular formula is C14H15BrN2O2. The molecule has 2 N–H and O–H groups in total. The first-order valence-corrected chi connectivity index (χ1v) is 7.00. The Morgan fingerprint density at radius 1 is 1.53 bits per heavy atom. The molecule has 0 spiro atoms. The zero-order valence-electron chi connectivity index (χ0n) is 10.4. The monoisotopic (exact) mass is 322 g/mol. The zero-order valence-corrected chi connectivity index (χ0v) is 12.0. The van der Waals surface area contributed by atoms with E-state index in [0.717, 1.165) is 29.4 Å². The molecule has 1 saturated carbocycles. The van der Waals surface area contributed by atoms with Gasteiger partial charge in [-0.05, 0) is 46.3 Å². The van der Waals surface area contributed by atoms with E-state index in [1.54, 1.807) is 0 Å². The summed E-state index contributed by atoms with van der Waals surface area (Å²) < 4.78 is 0.751. The summed E-state index contributed by atoms with van der Waals surface area (Å²) in [4.78, 5) is 10.9. The molecule has 0 aromatic heterocycles. The molecule has 1 aliphatic rings. The van der Waals surface area contributed by atoms with Crippen LogP contribution in [0.25, 0.3) is 0 Å². The minimum absolute atomic E-state index is 0.152. The molecule has 1 aromatic rings. The lowest BCUT2D eigenvalue weighted by Crippen LogP contribution is -2.38. The molecule has 5 heteroatoms. The van der Waals surface area contributed by atoms with Gasteiger partial charge in [-0.2, -0.15) is 5.26 Å². The van der Waals surface area contributed by atoms with E-state index < -0.39 is 5.97 Å². The highest BCUT2D eigenvalue weighted by atomic mass is 79.9. The van der Waals surface area contributed by atoms with Crippen LogP contribution in [0.15, 0.2) is 22.7 Å². The SMILES string of the molecule is N#Cc1c(Br)cccc1NCC1(CC(=O)O)CCC1. The first kappa shape index (κ1) is 13.9. The smallest absolute Gasteiger partial charge is 0.303 e. The fraction of sp³-hybridized carbons (Fsp3) is 0.429. The van der Waals surface area contributed by atoms with Crippen molar-refractivity contribution in [2.24, 2.45) is 5.41 Å². The second-order valence-electron chi connectivity index (χ2n) is 5.05. The highest BCUT2D eigenvalue weighted by Gasteiger charge is 2.38. The number of anilines is 1. The Labute approximate surface area is 120 Å². The average Bonchev–Trinajstić information content (AvgIpc) is 2.32. The van der Waals surface area contributed by atoms with Crippen LogP contribution in [0.2, 0.25) is 0 Å². The number of rotatable bonds is 5. The number of carboxylic acid groups (broad SMARTS) is 1. The van der Waals surface area contributed by atoms with Crippen molar-refractivity contribution >= 4 is 27.6 Å². The van der Waals surface area contributed by atoms with Crippen LogP contribution in [0.1, 0.15) is 31.2 Å². The molecule has 0 amide bonds. The second-order valence-corrected chi connectivity index (χ2v) is 5.91. The number of carbonyl (C=O) groups is 1. The highest BCUT2D eigenvalue weighted by molar-refractivity contribution is 9.10.